The molecule has 1 saturated carbocycles. The van der Waals surface area contributed by atoms with Crippen molar-refractivity contribution < 1.29 is 23.7 Å². The van der Waals surface area contributed by atoms with Crippen LogP contribution in [-0.2, 0) is 25.3 Å². The molecule has 4 aliphatic rings. The molecule has 1 spiro atoms. The lowest BCUT2D eigenvalue weighted by molar-refractivity contribution is -0.138. The lowest BCUT2D eigenvalue weighted by Gasteiger charge is -2.40. The summed E-state index contributed by atoms with van der Waals surface area (Å²) in [5, 5.41) is 2.42. The summed E-state index contributed by atoms with van der Waals surface area (Å²) in [5.41, 5.74) is 11.8. The number of hydrogen-bond donors (Lipinski definition) is 0. The zero-order valence-electron chi connectivity index (χ0n) is 32.7. The third-order valence-electron chi connectivity index (χ3n) is 12.6. The molecule has 2 aliphatic heterocycles. The largest absolute Gasteiger partial charge is 0.490 e. The van der Waals surface area contributed by atoms with Crippen LogP contribution in [0.1, 0.15) is 83.9 Å². The van der Waals surface area contributed by atoms with Crippen LogP contribution in [0.25, 0.3) is 28.0 Å². The number of anilines is 1. The average molecular weight is 746 g/mol. The van der Waals surface area contributed by atoms with E-state index in [0.717, 1.165) is 67.5 Å². The van der Waals surface area contributed by atoms with E-state index in [1.165, 1.54) is 82.1 Å². The van der Waals surface area contributed by atoms with Crippen molar-refractivity contribution in [2.24, 2.45) is 0 Å². The molecule has 2 aliphatic carbocycles. The molecule has 0 N–H and O–H groups in total. The Morgan fingerprint density at radius 3 is 2.21 bits per heavy atom. The Kier molecular flexibility index (Phi) is 9.70. The molecule has 1 atom stereocenters. The molecule has 1 saturated heterocycles. The Hall–Kier alpha value is -5.33. The van der Waals surface area contributed by atoms with Crippen molar-refractivity contribution >= 4 is 28.5 Å². The highest BCUT2D eigenvalue weighted by molar-refractivity contribution is 6.09. The van der Waals surface area contributed by atoms with Gasteiger partial charge in [-0.15, -0.1) is 0 Å². The van der Waals surface area contributed by atoms with Gasteiger partial charge in [0.25, 0.3) is 0 Å². The first kappa shape index (κ1) is 36.3. The van der Waals surface area contributed by atoms with Crippen molar-refractivity contribution in [1.29, 1.82) is 0 Å². The highest BCUT2D eigenvalue weighted by Gasteiger charge is 2.48. The molecule has 1 unspecified atom stereocenters. The second-order valence-electron chi connectivity index (χ2n) is 16.0. The van der Waals surface area contributed by atoms with E-state index in [-0.39, 0.29) is 18.6 Å². The zero-order valence-corrected chi connectivity index (χ0v) is 32.7. The van der Waals surface area contributed by atoms with Gasteiger partial charge in [-0.1, -0.05) is 110 Å². The van der Waals surface area contributed by atoms with Crippen LogP contribution in [0.5, 0.6) is 11.5 Å². The van der Waals surface area contributed by atoms with Crippen LogP contribution in [0.2, 0.25) is 0 Å². The number of aryl methyl sites for hydroxylation is 2. The van der Waals surface area contributed by atoms with Crippen LogP contribution in [0.4, 0.5) is 5.69 Å². The Balaban J connectivity index is 1.21. The number of esters is 1. The van der Waals surface area contributed by atoms with Gasteiger partial charge in [-0.2, -0.15) is 0 Å². The van der Waals surface area contributed by atoms with E-state index in [2.05, 4.69) is 110 Å². The molecule has 0 bridgehead atoms. The molecule has 0 aromatic heterocycles. The molecule has 2 heterocycles. The van der Waals surface area contributed by atoms with E-state index in [1.54, 1.807) is 0 Å². The second-order valence-corrected chi connectivity index (χ2v) is 16.0. The minimum atomic E-state index is -0.907. The van der Waals surface area contributed by atoms with Crippen molar-refractivity contribution in [1.82, 2.24) is 0 Å². The van der Waals surface area contributed by atoms with Gasteiger partial charge in [-0.3, -0.25) is 0 Å². The number of rotatable bonds is 8. The van der Waals surface area contributed by atoms with Gasteiger partial charge in [-0.25, -0.2) is 4.79 Å². The molecule has 5 aromatic rings. The van der Waals surface area contributed by atoms with Crippen molar-refractivity contribution in [3.63, 3.8) is 0 Å². The summed E-state index contributed by atoms with van der Waals surface area (Å²) in [4.78, 5) is 13.9. The van der Waals surface area contributed by atoms with Crippen LogP contribution >= 0.6 is 0 Å². The van der Waals surface area contributed by atoms with Gasteiger partial charge in [-0.05, 0) is 90.7 Å². The van der Waals surface area contributed by atoms with Crippen molar-refractivity contribution in [3.8, 4) is 22.6 Å². The van der Waals surface area contributed by atoms with Crippen molar-refractivity contribution in [3.05, 3.63) is 143 Å². The smallest absolute Gasteiger partial charge is 0.330 e. The molecule has 6 nitrogen and oxygen atoms in total. The van der Waals surface area contributed by atoms with Crippen LogP contribution in [0.3, 0.4) is 0 Å². The first-order chi connectivity index (χ1) is 27.4. The molecule has 9 rings (SSSR count). The molecule has 0 amide bonds. The summed E-state index contributed by atoms with van der Waals surface area (Å²) in [6.07, 6.45) is 14.5. The topological polar surface area (TPSA) is 57.2 Å². The number of carbonyl (C=O) groups is 1. The first-order valence-corrected chi connectivity index (χ1v) is 20.5. The molecule has 0 radical (unpaired) electrons. The maximum atomic E-state index is 11.5. The number of carbonyl (C=O) groups excluding carboxylic acids is 1. The lowest BCUT2D eigenvalue weighted by atomic mass is 9.67. The number of hydrogen-bond acceptors (Lipinski definition) is 6. The Labute approximate surface area is 330 Å². The summed E-state index contributed by atoms with van der Waals surface area (Å²) >= 11 is 0. The summed E-state index contributed by atoms with van der Waals surface area (Å²) in [6.45, 7) is 11.5. The van der Waals surface area contributed by atoms with E-state index in [9.17, 15) is 4.79 Å². The average Bonchev–Trinajstić information content (AvgIpc) is 3.50. The van der Waals surface area contributed by atoms with Crippen LogP contribution in [-0.4, -0.2) is 45.5 Å². The molecule has 6 heteroatoms. The van der Waals surface area contributed by atoms with E-state index in [4.69, 9.17) is 18.9 Å². The number of nitrogens with zero attached hydrogens (tertiary/aromatic N) is 1. The monoisotopic (exact) mass is 745 g/mol. The standard InChI is InChI=1S/C50H51NO5/c1-4-45(52)55-31-30-54-39-18-14-37(15-19-39)50(36-12-16-38(17-13-36)51-26-28-53-29-27-51)25-22-42-47-46(40-20-10-34(2)32-43(40)48(42)56-50)41-21-11-35(3)33-44(41)49(47)23-8-6-5-7-9-24-49/h4,10-22,25,32-33H,1,5-9,23-24,26-31H2,2-3H3. The molecular formula is C50H51NO5. The number of fused-ring (bicyclic) bond motifs is 10. The third kappa shape index (κ3) is 6.28. The second kappa shape index (κ2) is 15.0. The minimum absolute atomic E-state index is 0.0627. The van der Waals surface area contributed by atoms with Crippen molar-refractivity contribution in [2.45, 2.75) is 69.8 Å². The van der Waals surface area contributed by atoms with Crippen LogP contribution in [0.15, 0.2) is 104 Å². The highest BCUT2D eigenvalue weighted by Crippen LogP contribution is 2.61. The minimum Gasteiger partial charge on any atom is -0.490 e. The molecule has 286 valence electrons. The van der Waals surface area contributed by atoms with Gasteiger partial charge in [0.05, 0.1) is 13.2 Å². The van der Waals surface area contributed by atoms with Crippen LogP contribution < -0.4 is 14.4 Å². The predicted molar refractivity (Wildman–Crippen MR) is 225 cm³/mol. The van der Waals surface area contributed by atoms with E-state index < -0.39 is 11.6 Å². The van der Waals surface area contributed by atoms with Gasteiger partial charge in [0, 0.05) is 52.3 Å². The van der Waals surface area contributed by atoms with Gasteiger partial charge in [0.1, 0.15) is 24.7 Å². The summed E-state index contributed by atoms with van der Waals surface area (Å²) in [5.74, 6) is 1.19. The molecular weight excluding hydrogens is 695 g/mol. The fraction of sp³-hybridized carbons (Fsp3) is 0.340. The Morgan fingerprint density at radius 1 is 0.804 bits per heavy atom. The summed E-state index contributed by atoms with van der Waals surface area (Å²) in [7, 11) is 0. The zero-order chi connectivity index (χ0) is 38.3. The third-order valence-corrected chi connectivity index (χ3v) is 12.6. The number of ether oxygens (including phenoxy) is 4. The molecule has 56 heavy (non-hydrogen) atoms. The fourth-order valence-electron chi connectivity index (χ4n) is 9.85. The Morgan fingerprint density at radius 2 is 1.48 bits per heavy atom. The van der Waals surface area contributed by atoms with Gasteiger partial charge < -0.3 is 23.8 Å². The van der Waals surface area contributed by atoms with Crippen molar-refractivity contribution in [2.75, 3.05) is 44.4 Å². The number of morpholine rings is 1. The lowest BCUT2D eigenvalue weighted by Crippen LogP contribution is -2.37. The SMILES string of the molecule is C=CC(=O)OCCOc1ccc(C2(c3ccc(N4CCOCC4)cc3)C=Cc3c4c(c5ccc(C)cc5c3O2)-c2ccc(C)cc2C42CCCCCCC2)cc1. The maximum absolute atomic E-state index is 11.5. The predicted octanol–water partition coefficient (Wildman–Crippen LogP) is 10.8. The first-order valence-electron chi connectivity index (χ1n) is 20.5. The maximum Gasteiger partial charge on any atom is 0.330 e. The highest BCUT2D eigenvalue weighted by atomic mass is 16.6. The summed E-state index contributed by atoms with van der Waals surface area (Å²) in [6, 6.07) is 31.2. The van der Waals surface area contributed by atoms with E-state index >= 15 is 0 Å². The van der Waals surface area contributed by atoms with Gasteiger partial charge in [0.2, 0.25) is 0 Å². The number of benzene rings is 5. The fourth-order valence-corrected chi connectivity index (χ4v) is 9.85. The molecule has 2 fully saturated rings. The molecule has 5 aromatic carbocycles. The van der Waals surface area contributed by atoms with E-state index in [0.29, 0.717) is 5.75 Å². The van der Waals surface area contributed by atoms with E-state index in [1.807, 2.05) is 12.1 Å². The Bertz CT molecular complexity index is 2310. The van der Waals surface area contributed by atoms with Gasteiger partial charge >= 0.3 is 5.97 Å². The normalized spacial score (nSPS) is 19.6. The van der Waals surface area contributed by atoms with Gasteiger partial charge in [0.15, 0.2) is 5.60 Å². The van der Waals surface area contributed by atoms with Crippen LogP contribution in [0, 0.1) is 13.8 Å². The summed E-state index contributed by atoms with van der Waals surface area (Å²) < 4.78 is 24.5. The quantitative estimate of drug-likeness (QED) is 0.0896.